The van der Waals surface area contributed by atoms with E-state index in [1.807, 2.05) is 21.1 Å². The third kappa shape index (κ3) is 12.7. The number of carbonyl (C=O) groups is 1. The maximum atomic E-state index is 11.5. The second kappa shape index (κ2) is 7.11. The minimum absolute atomic E-state index is 0.0386. The molecule has 8 heteroatoms. The highest BCUT2D eigenvalue weighted by molar-refractivity contribution is 7.47. The molecule has 0 saturated carbocycles. The summed E-state index contributed by atoms with van der Waals surface area (Å²) in [6.07, 6.45) is 0.394. The average molecular weight is 312 g/mol. The van der Waals surface area contributed by atoms with E-state index in [2.05, 4.69) is 19.6 Å². The zero-order chi connectivity index (χ0) is 15.3. The van der Waals surface area contributed by atoms with Gasteiger partial charge < -0.3 is 9.38 Å². The number of rotatable bonds is 9. The van der Waals surface area contributed by atoms with Crippen molar-refractivity contribution in [3.63, 3.8) is 0 Å². The SMILES string of the molecule is C[N+](C)(C)COP(=O)(O)OCC(=O)CC[Si](C)(C)C. The fourth-order valence-corrected chi connectivity index (χ4v) is 2.93. The van der Waals surface area contributed by atoms with Gasteiger partial charge in [-0.15, -0.1) is 0 Å². The van der Waals surface area contributed by atoms with Crippen LogP contribution in [0.2, 0.25) is 25.7 Å². The van der Waals surface area contributed by atoms with Crippen LogP contribution in [0.5, 0.6) is 0 Å². The Hall–Kier alpha value is -0.0431. The molecule has 0 bridgehead atoms. The standard InChI is InChI=1S/C11H26NO5PSi/c1-12(2,3)10-17-18(14,15)16-9-11(13)7-8-19(4,5)6/h7-10H2,1-6H3/p+1. The van der Waals surface area contributed by atoms with Gasteiger partial charge in [-0.05, 0) is 0 Å². The first kappa shape index (κ1) is 19.0. The van der Waals surface area contributed by atoms with E-state index in [0.29, 0.717) is 10.9 Å². The lowest BCUT2D eigenvalue weighted by Crippen LogP contribution is -2.36. The molecule has 0 rings (SSSR count). The summed E-state index contributed by atoms with van der Waals surface area (Å²) in [4.78, 5) is 21.0. The Labute approximate surface area is 116 Å². The minimum atomic E-state index is -4.13. The third-order valence-electron chi connectivity index (χ3n) is 2.15. The zero-order valence-electron chi connectivity index (χ0n) is 12.8. The van der Waals surface area contributed by atoms with Crippen molar-refractivity contribution in [1.82, 2.24) is 0 Å². The van der Waals surface area contributed by atoms with Gasteiger partial charge in [-0.3, -0.25) is 9.32 Å². The van der Waals surface area contributed by atoms with E-state index in [-0.39, 0.29) is 19.1 Å². The van der Waals surface area contributed by atoms with Crippen molar-refractivity contribution < 1.29 is 27.8 Å². The molecule has 19 heavy (non-hydrogen) atoms. The number of carbonyl (C=O) groups excluding carboxylic acids is 1. The van der Waals surface area contributed by atoms with Crippen LogP contribution in [0.25, 0.3) is 0 Å². The lowest BCUT2D eigenvalue weighted by Gasteiger charge is -2.24. The molecule has 1 atom stereocenters. The molecule has 0 aromatic heterocycles. The van der Waals surface area contributed by atoms with E-state index >= 15 is 0 Å². The summed E-state index contributed by atoms with van der Waals surface area (Å²) in [5.41, 5.74) is 0. The largest absolute Gasteiger partial charge is 0.477 e. The molecular formula is C11H27NO5PSi+. The molecule has 0 aliphatic rings. The summed E-state index contributed by atoms with van der Waals surface area (Å²) >= 11 is 0. The molecule has 1 unspecified atom stereocenters. The topological polar surface area (TPSA) is 72.8 Å². The van der Waals surface area contributed by atoms with Crippen molar-refractivity contribution >= 4 is 21.7 Å². The first-order chi connectivity index (χ1) is 8.31. The van der Waals surface area contributed by atoms with Crippen LogP contribution >= 0.6 is 7.82 Å². The molecule has 0 amide bonds. The monoisotopic (exact) mass is 312 g/mol. The van der Waals surface area contributed by atoms with Crippen molar-refractivity contribution in [1.29, 1.82) is 0 Å². The Bertz CT molecular complexity index is 348. The molecular weight excluding hydrogens is 285 g/mol. The van der Waals surface area contributed by atoms with Crippen LogP contribution in [0.15, 0.2) is 0 Å². The molecule has 0 aliphatic carbocycles. The number of hydrogen-bond acceptors (Lipinski definition) is 4. The predicted molar refractivity (Wildman–Crippen MR) is 77.5 cm³/mol. The van der Waals surface area contributed by atoms with Gasteiger partial charge in [-0.25, -0.2) is 9.09 Å². The highest BCUT2D eigenvalue weighted by Crippen LogP contribution is 2.43. The molecule has 0 spiro atoms. The summed E-state index contributed by atoms with van der Waals surface area (Å²) in [5.74, 6) is -0.162. The number of quaternary nitrogens is 1. The number of phosphoric acid groups is 1. The van der Waals surface area contributed by atoms with Crippen LogP contribution in [0, 0.1) is 0 Å². The van der Waals surface area contributed by atoms with Crippen LogP contribution in [0.1, 0.15) is 6.42 Å². The van der Waals surface area contributed by atoms with Crippen LogP contribution in [0.3, 0.4) is 0 Å². The van der Waals surface area contributed by atoms with Crippen molar-refractivity contribution in [3.05, 3.63) is 0 Å². The van der Waals surface area contributed by atoms with Crippen LogP contribution in [0.4, 0.5) is 0 Å². The fourth-order valence-electron chi connectivity index (χ4n) is 1.02. The van der Waals surface area contributed by atoms with E-state index < -0.39 is 15.9 Å². The quantitative estimate of drug-likeness (QED) is 0.305. The second-order valence-electron chi connectivity index (χ2n) is 6.89. The molecule has 0 aromatic rings. The number of ketones is 1. The van der Waals surface area contributed by atoms with E-state index in [1.165, 1.54) is 0 Å². The van der Waals surface area contributed by atoms with Gasteiger partial charge in [0.25, 0.3) is 0 Å². The number of phosphoric ester groups is 1. The smallest absolute Gasteiger partial charge is 0.308 e. The molecule has 0 saturated heterocycles. The van der Waals surface area contributed by atoms with Gasteiger partial charge in [-0.1, -0.05) is 25.7 Å². The van der Waals surface area contributed by atoms with Crippen molar-refractivity contribution in [2.45, 2.75) is 32.1 Å². The summed E-state index contributed by atoms with van der Waals surface area (Å²) in [6, 6.07) is 0.852. The normalized spacial score (nSPS) is 16.2. The van der Waals surface area contributed by atoms with Gasteiger partial charge in [0.15, 0.2) is 12.5 Å². The molecule has 0 heterocycles. The maximum absolute atomic E-state index is 11.5. The van der Waals surface area contributed by atoms with Crippen molar-refractivity contribution in [3.8, 4) is 0 Å². The summed E-state index contributed by atoms with van der Waals surface area (Å²) in [7, 11) is 0.0467. The Morgan fingerprint density at radius 1 is 1.21 bits per heavy atom. The lowest BCUT2D eigenvalue weighted by atomic mass is 10.3. The lowest BCUT2D eigenvalue weighted by molar-refractivity contribution is -0.887. The van der Waals surface area contributed by atoms with E-state index in [4.69, 9.17) is 9.05 Å². The Morgan fingerprint density at radius 3 is 2.16 bits per heavy atom. The van der Waals surface area contributed by atoms with Gasteiger partial charge >= 0.3 is 7.82 Å². The molecule has 114 valence electrons. The van der Waals surface area contributed by atoms with Crippen LogP contribution < -0.4 is 0 Å². The van der Waals surface area contributed by atoms with Crippen LogP contribution in [-0.2, 0) is 18.4 Å². The maximum Gasteiger partial charge on any atom is 0.477 e. The van der Waals surface area contributed by atoms with Crippen LogP contribution in [-0.4, -0.2) is 57.7 Å². The number of hydrogen-bond donors (Lipinski definition) is 1. The molecule has 0 fully saturated rings. The van der Waals surface area contributed by atoms with Gasteiger partial charge in [-0.2, -0.15) is 0 Å². The summed E-state index contributed by atoms with van der Waals surface area (Å²) < 4.78 is 21.4. The van der Waals surface area contributed by atoms with E-state index in [0.717, 1.165) is 6.04 Å². The average Bonchev–Trinajstić information content (AvgIpc) is 2.19. The van der Waals surface area contributed by atoms with Gasteiger partial charge in [0.2, 0.25) is 0 Å². The Balaban J connectivity index is 4.04. The van der Waals surface area contributed by atoms with Crippen molar-refractivity contribution in [2.75, 3.05) is 34.5 Å². The predicted octanol–water partition coefficient (Wildman–Crippen LogP) is 2.08. The van der Waals surface area contributed by atoms with Gasteiger partial charge in [0.05, 0.1) is 21.1 Å². The van der Waals surface area contributed by atoms with E-state index in [9.17, 15) is 14.3 Å². The van der Waals surface area contributed by atoms with Crippen molar-refractivity contribution in [2.24, 2.45) is 0 Å². The molecule has 1 N–H and O–H groups in total. The fraction of sp³-hybridized carbons (Fsp3) is 0.909. The van der Waals surface area contributed by atoms with Gasteiger partial charge in [0, 0.05) is 14.5 Å². The highest BCUT2D eigenvalue weighted by atomic mass is 31.2. The summed E-state index contributed by atoms with van der Waals surface area (Å²) in [5, 5.41) is 0. The van der Waals surface area contributed by atoms with E-state index in [1.54, 1.807) is 0 Å². The number of Topliss-reactive ketones (excluding diaryl/α,β-unsaturated/α-hetero) is 1. The number of nitrogens with zero attached hydrogens (tertiary/aromatic N) is 1. The first-order valence-corrected chi connectivity index (χ1v) is 11.5. The Kier molecular flexibility index (Phi) is 7.09. The molecule has 6 nitrogen and oxygen atoms in total. The molecule has 0 aromatic carbocycles. The second-order valence-corrected chi connectivity index (χ2v) is 14.0. The minimum Gasteiger partial charge on any atom is -0.308 e. The third-order valence-corrected chi connectivity index (χ3v) is 4.80. The first-order valence-electron chi connectivity index (χ1n) is 6.25. The highest BCUT2D eigenvalue weighted by Gasteiger charge is 2.26. The molecule has 0 radical (unpaired) electrons. The van der Waals surface area contributed by atoms with Gasteiger partial charge in [0.1, 0.15) is 6.61 Å². The Morgan fingerprint density at radius 2 is 1.74 bits per heavy atom. The zero-order valence-corrected chi connectivity index (χ0v) is 14.7. The molecule has 0 aliphatic heterocycles. The summed E-state index contributed by atoms with van der Waals surface area (Å²) in [6.45, 7) is 6.18.